The lowest BCUT2D eigenvalue weighted by molar-refractivity contribution is -0.239. The fourth-order valence-electron chi connectivity index (χ4n) is 11.4. The second-order valence-electron chi connectivity index (χ2n) is 23.6. The second kappa shape index (κ2) is 23.4. The Morgan fingerprint density at radius 1 is 0.407 bits per heavy atom. The summed E-state index contributed by atoms with van der Waals surface area (Å²) >= 11 is 0. The molecule has 6 aromatic carbocycles. The molecule has 81 heavy (non-hydrogen) atoms. The van der Waals surface area contributed by atoms with E-state index in [1.165, 1.54) is 0 Å². The maximum Gasteiger partial charge on any atom is 0.343 e. The molecular weight excluding hydrogens is 1040 g/mol. The molecule has 12 rings (SSSR count). The molecule has 424 valence electrons. The summed E-state index contributed by atoms with van der Waals surface area (Å²) in [4.78, 5) is 52.9. The van der Waals surface area contributed by atoms with Gasteiger partial charge in [0.25, 0.3) is 0 Å². The van der Waals surface area contributed by atoms with Crippen molar-refractivity contribution in [2.75, 3.05) is 79.3 Å². The number of carbonyl (C=O) groups is 2. The first kappa shape index (κ1) is 54.4. The minimum absolute atomic E-state index is 0.0950. The van der Waals surface area contributed by atoms with E-state index in [4.69, 9.17) is 66.9 Å². The number of esters is 2. The van der Waals surface area contributed by atoms with Crippen LogP contribution >= 0.6 is 0 Å². The number of ether oxygens (including phenoxy) is 10. The number of benzene rings is 6. The summed E-state index contributed by atoms with van der Waals surface area (Å²) in [7, 11) is 0. The van der Waals surface area contributed by atoms with Gasteiger partial charge < -0.3 is 57.1 Å². The van der Waals surface area contributed by atoms with Crippen molar-refractivity contribution in [2.24, 2.45) is 23.7 Å². The van der Waals surface area contributed by atoms with Crippen LogP contribution in [0, 0.1) is 23.7 Å². The van der Waals surface area contributed by atoms with Gasteiger partial charge in [-0.25, -0.2) is 9.59 Å². The standard InChI is InChI=1S/C65H68O16/c1-63(2)39-65(55-23-58(79-62(67)48-11-19-52(20-12-48)75-36-46-31-71-32-46)57(21-53(55)63)78-61(66)47-9-17-51(18-10-47)74-35-45-29-70-30-45)40-64(3,4)54-22-59(80-76-37-41-5-13-49(14-6-41)72-33-43-25-68-26-43)60(24-56(54)65)81-77-38-42-7-15-50(16-8-42)73-34-44-27-69-28-44/h5-24,43-46H,25-40H2,1-4H3. The van der Waals surface area contributed by atoms with Crippen molar-refractivity contribution < 1.29 is 76.5 Å². The number of carbonyl (C=O) groups excluding carboxylic acids is 2. The Labute approximate surface area is 471 Å². The highest BCUT2D eigenvalue weighted by Crippen LogP contribution is 2.65. The van der Waals surface area contributed by atoms with Gasteiger partial charge in [0, 0.05) is 29.1 Å². The minimum Gasteiger partial charge on any atom is -0.493 e. The van der Waals surface area contributed by atoms with E-state index in [-0.39, 0.29) is 24.7 Å². The highest BCUT2D eigenvalue weighted by molar-refractivity contribution is 5.93. The van der Waals surface area contributed by atoms with Crippen LogP contribution in [0.1, 0.15) is 94.6 Å². The summed E-state index contributed by atoms with van der Waals surface area (Å²) in [5, 5.41) is 0. The average molecular weight is 1110 g/mol. The quantitative estimate of drug-likeness (QED) is 0.0243. The highest BCUT2D eigenvalue weighted by atomic mass is 17.2. The molecule has 4 fully saturated rings. The van der Waals surface area contributed by atoms with Crippen LogP contribution in [0.5, 0.6) is 46.0 Å². The van der Waals surface area contributed by atoms with E-state index in [1.54, 1.807) is 48.5 Å². The number of fused-ring (bicyclic) bond motifs is 4. The lowest BCUT2D eigenvalue weighted by atomic mass is 9.72. The second-order valence-corrected chi connectivity index (χ2v) is 23.6. The van der Waals surface area contributed by atoms with Crippen LogP contribution < -0.4 is 38.2 Å². The van der Waals surface area contributed by atoms with E-state index in [0.717, 1.165) is 58.1 Å². The molecule has 0 radical (unpaired) electrons. The van der Waals surface area contributed by atoms with E-state index in [0.29, 0.717) is 137 Å². The summed E-state index contributed by atoms with van der Waals surface area (Å²) in [6.07, 6.45) is 1.33. The Kier molecular flexibility index (Phi) is 15.7. The zero-order valence-corrected chi connectivity index (χ0v) is 46.2. The van der Waals surface area contributed by atoms with Crippen molar-refractivity contribution in [3.63, 3.8) is 0 Å². The van der Waals surface area contributed by atoms with Gasteiger partial charge in [0.05, 0.1) is 90.4 Å². The molecule has 0 N–H and O–H groups in total. The Balaban J connectivity index is 0.846. The van der Waals surface area contributed by atoms with E-state index < -0.39 is 28.2 Å². The normalized spacial score (nSPS) is 19.7. The van der Waals surface area contributed by atoms with Gasteiger partial charge in [-0.2, -0.15) is 9.78 Å². The summed E-state index contributed by atoms with van der Waals surface area (Å²) in [6.45, 7) is 16.9. The molecule has 16 heteroatoms. The van der Waals surface area contributed by atoms with Gasteiger partial charge in [0.1, 0.15) is 36.2 Å². The highest BCUT2D eigenvalue weighted by Gasteiger charge is 2.57. The predicted octanol–water partition coefficient (Wildman–Crippen LogP) is 10.9. The predicted molar refractivity (Wildman–Crippen MR) is 295 cm³/mol. The summed E-state index contributed by atoms with van der Waals surface area (Å²) in [6, 6.07) is 36.8. The Bertz CT molecular complexity index is 3180. The third-order valence-electron chi connectivity index (χ3n) is 16.1. The molecule has 1 atom stereocenters. The molecule has 1 spiro atoms. The van der Waals surface area contributed by atoms with Crippen LogP contribution in [0.3, 0.4) is 0 Å². The maximum absolute atomic E-state index is 14.3. The zero-order chi connectivity index (χ0) is 55.6. The lowest BCUT2D eigenvalue weighted by Crippen LogP contribution is -2.32. The first-order valence-corrected chi connectivity index (χ1v) is 27.9. The summed E-state index contributed by atoms with van der Waals surface area (Å²) < 4.78 is 57.6. The third kappa shape index (κ3) is 12.2. The molecular formula is C65H68O16. The fourth-order valence-corrected chi connectivity index (χ4v) is 11.4. The number of rotatable bonds is 24. The largest absolute Gasteiger partial charge is 0.493 e. The molecule has 0 bridgehead atoms. The summed E-state index contributed by atoms with van der Waals surface area (Å²) in [5.74, 6) is 3.88. The fraction of sp³-hybridized carbons (Fsp3) is 0.415. The SMILES string of the molecule is CC1(C)CC2(CC(C)(C)c3cc(OC(=O)c4ccc(OCC5COC5)cc4)c(OC(=O)c4ccc(OCC5COC5)cc4)cc32)c2cc(OOCc3ccc(OCC4COC4)cc3)c(OOCc3ccc(OCC4COC4)cc3)cc21. The van der Waals surface area contributed by atoms with Gasteiger partial charge >= 0.3 is 11.9 Å². The van der Waals surface area contributed by atoms with Gasteiger partial charge in [0.15, 0.2) is 11.5 Å². The summed E-state index contributed by atoms with van der Waals surface area (Å²) in [5.41, 5.74) is 4.70. The van der Waals surface area contributed by atoms with Crippen molar-refractivity contribution in [3.8, 4) is 46.0 Å². The van der Waals surface area contributed by atoms with Crippen molar-refractivity contribution in [1.29, 1.82) is 0 Å². The Morgan fingerprint density at radius 3 is 1.02 bits per heavy atom. The van der Waals surface area contributed by atoms with Crippen molar-refractivity contribution in [2.45, 2.75) is 70.0 Å². The van der Waals surface area contributed by atoms with Crippen LogP contribution in [0.25, 0.3) is 0 Å². The Hall–Kier alpha value is -7.18. The molecule has 6 aliphatic rings. The van der Waals surface area contributed by atoms with Crippen LogP contribution in [0.15, 0.2) is 121 Å². The zero-order valence-electron chi connectivity index (χ0n) is 46.2. The van der Waals surface area contributed by atoms with Gasteiger partial charge in [-0.05, 0) is 154 Å². The van der Waals surface area contributed by atoms with Gasteiger partial charge in [-0.1, -0.05) is 52.0 Å². The van der Waals surface area contributed by atoms with E-state index >= 15 is 0 Å². The molecule has 2 aliphatic carbocycles. The first-order chi connectivity index (χ1) is 39.3. The van der Waals surface area contributed by atoms with E-state index in [1.807, 2.05) is 72.8 Å². The lowest BCUT2D eigenvalue weighted by Gasteiger charge is -2.30. The topological polar surface area (TPSA) is 163 Å². The van der Waals surface area contributed by atoms with Gasteiger partial charge in [-0.3, -0.25) is 0 Å². The van der Waals surface area contributed by atoms with Gasteiger partial charge in [0.2, 0.25) is 11.5 Å². The van der Waals surface area contributed by atoms with Crippen LogP contribution in [0.4, 0.5) is 0 Å². The van der Waals surface area contributed by atoms with Crippen LogP contribution in [-0.2, 0) is 58.2 Å². The first-order valence-electron chi connectivity index (χ1n) is 27.9. The molecule has 4 aliphatic heterocycles. The van der Waals surface area contributed by atoms with Crippen molar-refractivity contribution in [3.05, 3.63) is 166 Å². The maximum atomic E-state index is 14.3. The van der Waals surface area contributed by atoms with Crippen molar-refractivity contribution >= 4 is 11.9 Å². The van der Waals surface area contributed by atoms with E-state index in [9.17, 15) is 9.59 Å². The molecule has 4 heterocycles. The smallest absolute Gasteiger partial charge is 0.343 e. The average Bonchev–Trinajstić information content (AvgIpc) is 2.50. The molecule has 0 amide bonds. The molecule has 1 unspecified atom stereocenters. The molecule has 0 aromatic heterocycles. The van der Waals surface area contributed by atoms with Crippen LogP contribution in [0.2, 0.25) is 0 Å². The number of hydrogen-bond acceptors (Lipinski definition) is 16. The Morgan fingerprint density at radius 2 is 0.704 bits per heavy atom. The molecule has 0 saturated carbocycles. The third-order valence-corrected chi connectivity index (χ3v) is 16.1. The van der Waals surface area contributed by atoms with Gasteiger partial charge in [-0.15, -0.1) is 0 Å². The monoisotopic (exact) mass is 1100 g/mol. The van der Waals surface area contributed by atoms with Crippen LogP contribution in [-0.4, -0.2) is 91.2 Å². The van der Waals surface area contributed by atoms with Crippen molar-refractivity contribution in [1.82, 2.24) is 0 Å². The minimum atomic E-state index is -0.651. The van der Waals surface area contributed by atoms with E-state index in [2.05, 4.69) is 27.7 Å². The molecule has 4 saturated heterocycles. The number of hydrogen-bond donors (Lipinski definition) is 0. The molecule has 16 nitrogen and oxygen atoms in total. The molecule has 6 aromatic rings.